The van der Waals surface area contributed by atoms with Gasteiger partial charge in [0.1, 0.15) is 18.1 Å². The minimum atomic E-state index is 0.461. The maximum atomic E-state index is 5.72. The number of hydrogen-bond donors (Lipinski definition) is 1. The van der Waals surface area contributed by atoms with E-state index in [0.717, 1.165) is 35.0 Å². The number of hydrogen-bond acceptors (Lipinski definition) is 5. The van der Waals surface area contributed by atoms with E-state index in [2.05, 4.69) is 15.5 Å². The highest BCUT2D eigenvalue weighted by Crippen LogP contribution is 2.20. The van der Waals surface area contributed by atoms with Crippen LogP contribution in [0.2, 0.25) is 0 Å². The van der Waals surface area contributed by atoms with Crippen molar-refractivity contribution >= 4 is 0 Å². The molecule has 20 heavy (non-hydrogen) atoms. The summed E-state index contributed by atoms with van der Waals surface area (Å²) in [5.74, 6) is 1.57. The smallest absolute Gasteiger partial charge is 0.140 e. The van der Waals surface area contributed by atoms with Gasteiger partial charge in [-0.05, 0) is 38.8 Å². The van der Waals surface area contributed by atoms with Crippen LogP contribution in [0.3, 0.4) is 0 Å². The Morgan fingerprint density at radius 2 is 2.20 bits per heavy atom. The Balaban J connectivity index is 1.54. The first-order chi connectivity index (χ1) is 9.72. The molecule has 2 aromatic heterocycles. The van der Waals surface area contributed by atoms with Crippen LogP contribution in [0.15, 0.2) is 22.9 Å². The van der Waals surface area contributed by atoms with Crippen LogP contribution in [0.5, 0.6) is 5.75 Å². The van der Waals surface area contributed by atoms with E-state index < -0.39 is 0 Å². The fourth-order valence-corrected chi connectivity index (χ4v) is 2.00. The summed E-state index contributed by atoms with van der Waals surface area (Å²) in [5.41, 5.74) is 2.92. The molecule has 0 unspecified atom stereocenters. The Morgan fingerprint density at radius 1 is 1.35 bits per heavy atom. The highest BCUT2D eigenvalue weighted by atomic mass is 16.5. The highest BCUT2D eigenvalue weighted by molar-refractivity contribution is 5.23. The molecular weight excluding hydrogens is 254 g/mol. The normalized spacial score (nSPS) is 14.5. The molecule has 1 saturated carbocycles. The van der Waals surface area contributed by atoms with E-state index in [-0.39, 0.29) is 0 Å². The summed E-state index contributed by atoms with van der Waals surface area (Å²) in [6, 6.07) is 4.65. The zero-order chi connectivity index (χ0) is 13.9. The average molecular weight is 273 g/mol. The average Bonchev–Trinajstić information content (AvgIpc) is 3.23. The summed E-state index contributed by atoms with van der Waals surface area (Å²) in [4.78, 5) is 4.40. The van der Waals surface area contributed by atoms with Gasteiger partial charge in [0.2, 0.25) is 0 Å². The fraction of sp³-hybridized carbons (Fsp3) is 0.467. The van der Waals surface area contributed by atoms with Crippen molar-refractivity contribution in [3.63, 3.8) is 0 Å². The summed E-state index contributed by atoms with van der Waals surface area (Å²) in [7, 11) is 0. The van der Waals surface area contributed by atoms with Crippen LogP contribution in [0.25, 0.3) is 0 Å². The Bertz CT molecular complexity index is 554. The number of aromatic nitrogens is 2. The molecule has 2 aromatic rings. The van der Waals surface area contributed by atoms with Gasteiger partial charge in [0.15, 0.2) is 0 Å². The molecule has 0 amide bonds. The van der Waals surface area contributed by atoms with Gasteiger partial charge >= 0.3 is 0 Å². The first-order valence-corrected chi connectivity index (χ1v) is 6.95. The van der Waals surface area contributed by atoms with Crippen LogP contribution in [-0.2, 0) is 13.2 Å². The molecule has 0 bridgehead atoms. The van der Waals surface area contributed by atoms with Crippen LogP contribution in [0.1, 0.15) is 35.6 Å². The van der Waals surface area contributed by atoms with Gasteiger partial charge < -0.3 is 14.6 Å². The van der Waals surface area contributed by atoms with Crippen LogP contribution in [-0.4, -0.2) is 16.2 Å². The van der Waals surface area contributed by atoms with Crippen LogP contribution in [0.4, 0.5) is 0 Å². The molecule has 0 aromatic carbocycles. The molecular formula is C15H19N3O2. The number of ether oxygens (including phenoxy) is 1. The van der Waals surface area contributed by atoms with Crippen LogP contribution < -0.4 is 10.1 Å². The van der Waals surface area contributed by atoms with Crippen molar-refractivity contribution in [1.82, 2.24) is 15.5 Å². The molecule has 2 heterocycles. The Morgan fingerprint density at radius 3 is 2.80 bits per heavy atom. The first-order valence-electron chi connectivity index (χ1n) is 6.95. The van der Waals surface area contributed by atoms with Crippen molar-refractivity contribution in [2.75, 3.05) is 0 Å². The number of nitrogens with one attached hydrogen (secondary N) is 1. The molecule has 0 aliphatic heterocycles. The molecule has 1 aliphatic carbocycles. The van der Waals surface area contributed by atoms with E-state index in [1.165, 1.54) is 12.8 Å². The lowest BCUT2D eigenvalue weighted by molar-refractivity contribution is 0.300. The zero-order valence-corrected chi connectivity index (χ0v) is 11.8. The van der Waals surface area contributed by atoms with Gasteiger partial charge in [0, 0.05) is 12.6 Å². The number of nitrogens with zero attached hydrogens (tertiary/aromatic N) is 2. The van der Waals surface area contributed by atoms with Crippen molar-refractivity contribution in [3.8, 4) is 5.75 Å². The quantitative estimate of drug-likeness (QED) is 0.876. The standard InChI is InChI=1S/C15H19N3O2/c1-10-15(11(2)20-18-10)9-19-14-6-5-13(17-8-14)7-16-12-3-4-12/h5-6,8,12,16H,3-4,7,9H2,1-2H3. The predicted molar refractivity (Wildman–Crippen MR) is 74.4 cm³/mol. The SMILES string of the molecule is Cc1noc(C)c1COc1ccc(CNC2CC2)nc1. The van der Waals surface area contributed by atoms with Crippen molar-refractivity contribution in [2.45, 2.75) is 45.9 Å². The molecule has 5 nitrogen and oxygen atoms in total. The number of pyridine rings is 1. The summed E-state index contributed by atoms with van der Waals surface area (Å²) in [6.07, 6.45) is 4.35. The van der Waals surface area contributed by atoms with E-state index in [1.54, 1.807) is 6.20 Å². The topological polar surface area (TPSA) is 60.2 Å². The summed E-state index contributed by atoms with van der Waals surface area (Å²) < 4.78 is 10.8. The molecule has 0 spiro atoms. The summed E-state index contributed by atoms with van der Waals surface area (Å²) in [5, 5.41) is 7.35. The van der Waals surface area contributed by atoms with Crippen molar-refractivity contribution in [3.05, 3.63) is 41.0 Å². The maximum Gasteiger partial charge on any atom is 0.140 e. The van der Waals surface area contributed by atoms with E-state index in [0.29, 0.717) is 12.6 Å². The zero-order valence-electron chi connectivity index (χ0n) is 11.8. The highest BCUT2D eigenvalue weighted by Gasteiger charge is 2.20. The Labute approximate surface area is 118 Å². The largest absolute Gasteiger partial charge is 0.487 e. The van der Waals surface area contributed by atoms with Gasteiger partial charge in [-0.15, -0.1) is 0 Å². The molecule has 106 valence electrons. The second-order valence-corrected chi connectivity index (χ2v) is 5.23. The fourth-order valence-electron chi connectivity index (χ4n) is 2.00. The monoisotopic (exact) mass is 273 g/mol. The minimum absolute atomic E-state index is 0.461. The molecule has 1 N–H and O–H groups in total. The van der Waals surface area contributed by atoms with Crippen molar-refractivity contribution in [1.29, 1.82) is 0 Å². The second-order valence-electron chi connectivity index (χ2n) is 5.23. The number of aryl methyl sites for hydroxylation is 2. The molecule has 1 fully saturated rings. The van der Waals surface area contributed by atoms with Gasteiger partial charge in [-0.25, -0.2) is 0 Å². The summed E-state index contributed by atoms with van der Waals surface area (Å²) in [6.45, 7) is 5.10. The van der Waals surface area contributed by atoms with Gasteiger partial charge in [-0.3, -0.25) is 4.98 Å². The van der Waals surface area contributed by atoms with Gasteiger partial charge in [-0.1, -0.05) is 5.16 Å². The maximum absolute atomic E-state index is 5.72. The molecule has 0 radical (unpaired) electrons. The third kappa shape index (κ3) is 3.17. The van der Waals surface area contributed by atoms with Gasteiger partial charge in [0.25, 0.3) is 0 Å². The second kappa shape index (κ2) is 5.63. The summed E-state index contributed by atoms with van der Waals surface area (Å²) >= 11 is 0. The molecule has 1 aliphatic rings. The van der Waals surface area contributed by atoms with Gasteiger partial charge in [0.05, 0.1) is 23.1 Å². The molecule has 5 heteroatoms. The predicted octanol–water partition coefficient (Wildman–Crippen LogP) is 2.52. The van der Waals surface area contributed by atoms with Crippen LogP contribution in [0, 0.1) is 13.8 Å². The molecule has 0 saturated heterocycles. The van der Waals surface area contributed by atoms with Crippen molar-refractivity contribution in [2.24, 2.45) is 0 Å². The third-order valence-electron chi connectivity index (χ3n) is 3.51. The molecule has 0 atom stereocenters. The van der Waals surface area contributed by atoms with E-state index >= 15 is 0 Å². The van der Waals surface area contributed by atoms with Gasteiger partial charge in [-0.2, -0.15) is 0 Å². The number of rotatable bonds is 6. The minimum Gasteiger partial charge on any atom is -0.487 e. The van der Waals surface area contributed by atoms with E-state index in [1.807, 2.05) is 26.0 Å². The first kappa shape index (κ1) is 13.1. The third-order valence-corrected chi connectivity index (χ3v) is 3.51. The van der Waals surface area contributed by atoms with E-state index in [4.69, 9.17) is 9.26 Å². The Hall–Kier alpha value is -1.88. The lowest BCUT2D eigenvalue weighted by atomic mass is 10.2. The van der Waals surface area contributed by atoms with E-state index in [9.17, 15) is 0 Å². The van der Waals surface area contributed by atoms with Crippen molar-refractivity contribution < 1.29 is 9.26 Å². The molecule has 3 rings (SSSR count). The lowest BCUT2D eigenvalue weighted by Crippen LogP contribution is -2.16. The lowest BCUT2D eigenvalue weighted by Gasteiger charge is -2.07. The Kier molecular flexibility index (Phi) is 3.69. The van der Waals surface area contributed by atoms with Crippen LogP contribution >= 0.6 is 0 Å².